The average Bonchev–Trinajstić information content (AvgIpc) is 3.39. The van der Waals surface area contributed by atoms with Crippen molar-refractivity contribution in [3.8, 4) is 17.1 Å². The van der Waals surface area contributed by atoms with Crippen molar-refractivity contribution in [1.29, 1.82) is 0 Å². The summed E-state index contributed by atoms with van der Waals surface area (Å²) in [6.45, 7) is 1.83. The van der Waals surface area contributed by atoms with E-state index in [9.17, 15) is 13.6 Å². The van der Waals surface area contributed by atoms with Gasteiger partial charge in [-0.05, 0) is 68.3 Å². The highest BCUT2D eigenvalue weighted by Crippen LogP contribution is 2.30. The first kappa shape index (κ1) is 20.5. The molecule has 1 aromatic heterocycles. The van der Waals surface area contributed by atoms with Crippen molar-refractivity contribution in [3.63, 3.8) is 0 Å². The number of aromatic nitrogens is 3. The van der Waals surface area contributed by atoms with Gasteiger partial charge in [0, 0.05) is 17.3 Å². The highest BCUT2D eigenvalue weighted by atomic mass is 32.2. The zero-order valence-electron chi connectivity index (χ0n) is 16.5. The molecule has 0 aliphatic heterocycles. The third-order valence-electron chi connectivity index (χ3n) is 5.17. The molecule has 1 N–H and O–H groups in total. The number of amides is 1. The maximum atomic E-state index is 13.5. The molecular formula is C22H22F2N4OS. The van der Waals surface area contributed by atoms with Crippen molar-refractivity contribution < 1.29 is 13.6 Å². The van der Waals surface area contributed by atoms with Crippen molar-refractivity contribution in [1.82, 2.24) is 20.1 Å². The van der Waals surface area contributed by atoms with Crippen LogP contribution in [-0.2, 0) is 4.79 Å². The van der Waals surface area contributed by atoms with E-state index < -0.39 is 0 Å². The number of halogens is 2. The van der Waals surface area contributed by atoms with Crippen molar-refractivity contribution in [2.24, 2.45) is 0 Å². The fraction of sp³-hybridized carbons (Fsp3) is 0.318. The molecule has 0 saturated heterocycles. The minimum Gasteiger partial charge on any atom is -0.352 e. The second-order valence-corrected chi connectivity index (χ2v) is 8.68. The van der Waals surface area contributed by atoms with Crippen molar-refractivity contribution >= 4 is 17.7 Å². The van der Waals surface area contributed by atoms with Gasteiger partial charge >= 0.3 is 0 Å². The van der Waals surface area contributed by atoms with E-state index in [0.29, 0.717) is 22.2 Å². The molecule has 0 bridgehead atoms. The summed E-state index contributed by atoms with van der Waals surface area (Å²) in [5, 5.41) is 11.8. The van der Waals surface area contributed by atoms with Gasteiger partial charge in [-0.3, -0.25) is 9.36 Å². The Hall–Kier alpha value is -2.74. The smallest absolute Gasteiger partial charge is 0.233 e. The van der Waals surface area contributed by atoms with Crippen LogP contribution < -0.4 is 5.32 Å². The van der Waals surface area contributed by atoms with Crippen LogP contribution in [0.3, 0.4) is 0 Å². The normalized spacial score (nSPS) is 15.3. The lowest BCUT2D eigenvalue weighted by molar-refractivity contribution is -0.120. The molecular weight excluding hydrogens is 406 g/mol. The molecule has 1 heterocycles. The van der Waals surface area contributed by atoms with E-state index in [-0.39, 0.29) is 28.8 Å². The molecule has 1 aliphatic carbocycles. The maximum Gasteiger partial charge on any atom is 0.233 e. The first-order valence-corrected chi connectivity index (χ1v) is 10.8. The third-order valence-corrected chi connectivity index (χ3v) is 6.22. The number of benzene rings is 2. The highest BCUT2D eigenvalue weighted by Gasteiger charge is 2.24. The molecule has 3 aromatic rings. The number of thioether (sulfide) groups is 1. The van der Waals surface area contributed by atoms with Crippen LogP contribution in [0.5, 0.6) is 0 Å². The first-order chi connectivity index (χ1) is 14.5. The van der Waals surface area contributed by atoms with E-state index in [2.05, 4.69) is 15.5 Å². The topological polar surface area (TPSA) is 59.8 Å². The Kier molecular flexibility index (Phi) is 6.13. The minimum atomic E-state index is -0.380. The molecule has 0 radical (unpaired) electrons. The molecule has 0 spiro atoms. The van der Waals surface area contributed by atoms with Crippen LogP contribution in [0, 0.1) is 11.6 Å². The highest BCUT2D eigenvalue weighted by molar-refractivity contribution is 8.00. The van der Waals surface area contributed by atoms with E-state index >= 15 is 0 Å². The van der Waals surface area contributed by atoms with Crippen molar-refractivity contribution in [2.75, 3.05) is 0 Å². The molecule has 1 unspecified atom stereocenters. The van der Waals surface area contributed by atoms with Crippen LogP contribution in [0.25, 0.3) is 17.1 Å². The number of rotatable bonds is 6. The summed E-state index contributed by atoms with van der Waals surface area (Å²) in [6, 6.07) is 12.1. The molecule has 1 aliphatic rings. The van der Waals surface area contributed by atoms with E-state index in [1.165, 1.54) is 36.0 Å². The monoisotopic (exact) mass is 428 g/mol. The number of carbonyl (C=O) groups is 1. The summed E-state index contributed by atoms with van der Waals surface area (Å²) in [7, 11) is 0. The quantitative estimate of drug-likeness (QED) is 0.576. The molecule has 8 heteroatoms. The standard InChI is InChI=1S/C22H22F2N4OS/c1-14(21(29)25-18-4-2-3-5-18)30-22-27-26-20(15-6-8-16(23)9-7-15)28(22)19-12-10-17(24)11-13-19/h6-14,18H,2-5H2,1H3,(H,25,29). The van der Waals surface area contributed by atoms with Crippen LogP contribution in [0.15, 0.2) is 53.7 Å². The number of hydrogen-bond acceptors (Lipinski definition) is 4. The van der Waals surface area contributed by atoms with Crippen LogP contribution in [0.2, 0.25) is 0 Å². The largest absolute Gasteiger partial charge is 0.352 e. The second-order valence-electron chi connectivity index (χ2n) is 7.37. The Morgan fingerprint density at radius 1 is 1.03 bits per heavy atom. The van der Waals surface area contributed by atoms with Gasteiger partial charge in [-0.1, -0.05) is 24.6 Å². The van der Waals surface area contributed by atoms with Gasteiger partial charge in [0.25, 0.3) is 0 Å². The van der Waals surface area contributed by atoms with Crippen LogP contribution >= 0.6 is 11.8 Å². The van der Waals surface area contributed by atoms with Gasteiger partial charge in [-0.15, -0.1) is 10.2 Å². The fourth-order valence-electron chi connectivity index (χ4n) is 3.56. The molecule has 30 heavy (non-hydrogen) atoms. The Bertz CT molecular complexity index is 1010. The average molecular weight is 429 g/mol. The van der Waals surface area contributed by atoms with Crippen LogP contribution in [-0.4, -0.2) is 32.0 Å². The molecule has 4 rings (SSSR count). The Morgan fingerprint density at radius 3 is 2.27 bits per heavy atom. The molecule has 156 valence electrons. The number of carbonyl (C=O) groups excluding carboxylic acids is 1. The van der Waals surface area contributed by atoms with Gasteiger partial charge < -0.3 is 5.32 Å². The Morgan fingerprint density at radius 2 is 1.63 bits per heavy atom. The lowest BCUT2D eigenvalue weighted by Gasteiger charge is -2.17. The minimum absolute atomic E-state index is 0.0381. The molecule has 1 atom stereocenters. The predicted octanol–water partition coefficient (Wildman–Crippen LogP) is 4.75. The van der Waals surface area contributed by atoms with E-state index in [4.69, 9.17) is 0 Å². The Labute approximate surface area is 177 Å². The zero-order chi connectivity index (χ0) is 21.1. The lowest BCUT2D eigenvalue weighted by Crippen LogP contribution is -2.37. The summed E-state index contributed by atoms with van der Waals surface area (Å²) in [4.78, 5) is 12.6. The lowest BCUT2D eigenvalue weighted by atomic mass is 10.2. The SMILES string of the molecule is CC(Sc1nnc(-c2ccc(F)cc2)n1-c1ccc(F)cc1)C(=O)NC1CCCC1. The zero-order valence-corrected chi connectivity index (χ0v) is 17.3. The van der Waals surface area contributed by atoms with E-state index in [0.717, 1.165) is 25.7 Å². The fourth-order valence-corrected chi connectivity index (χ4v) is 4.43. The van der Waals surface area contributed by atoms with E-state index in [1.54, 1.807) is 28.8 Å². The third kappa shape index (κ3) is 4.53. The van der Waals surface area contributed by atoms with Gasteiger partial charge in [0.2, 0.25) is 5.91 Å². The molecule has 2 aromatic carbocycles. The van der Waals surface area contributed by atoms with Crippen LogP contribution in [0.4, 0.5) is 8.78 Å². The van der Waals surface area contributed by atoms with E-state index in [1.807, 2.05) is 6.92 Å². The van der Waals surface area contributed by atoms with Crippen LogP contribution in [0.1, 0.15) is 32.6 Å². The molecule has 1 fully saturated rings. The molecule has 1 amide bonds. The number of nitrogens with zero attached hydrogens (tertiary/aromatic N) is 3. The summed E-state index contributed by atoms with van der Waals surface area (Å²) in [5.74, 6) is -0.247. The second kappa shape index (κ2) is 8.95. The summed E-state index contributed by atoms with van der Waals surface area (Å²) >= 11 is 1.29. The van der Waals surface area contributed by atoms with Gasteiger partial charge in [0.15, 0.2) is 11.0 Å². The van der Waals surface area contributed by atoms with Gasteiger partial charge in [-0.2, -0.15) is 0 Å². The first-order valence-electron chi connectivity index (χ1n) is 9.95. The predicted molar refractivity (Wildman–Crippen MR) is 112 cm³/mol. The van der Waals surface area contributed by atoms with Crippen molar-refractivity contribution in [3.05, 3.63) is 60.2 Å². The number of nitrogens with one attached hydrogen (secondary N) is 1. The van der Waals surface area contributed by atoms with Gasteiger partial charge in [0.1, 0.15) is 11.6 Å². The van der Waals surface area contributed by atoms with Gasteiger partial charge in [-0.25, -0.2) is 8.78 Å². The number of hydrogen-bond donors (Lipinski definition) is 1. The summed E-state index contributed by atoms with van der Waals surface area (Å²) in [6.07, 6.45) is 4.33. The Balaban J connectivity index is 1.64. The molecule has 5 nitrogen and oxygen atoms in total. The maximum absolute atomic E-state index is 13.5. The van der Waals surface area contributed by atoms with Gasteiger partial charge in [0.05, 0.1) is 5.25 Å². The van der Waals surface area contributed by atoms with Crippen molar-refractivity contribution in [2.45, 2.75) is 49.1 Å². The summed E-state index contributed by atoms with van der Waals surface area (Å²) in [5.41, 5.74) is 1.33. The molecule has 1 saturated carbocycles. The summed E-state index contributed by atoms with van der Waals surface area (Å²) < 4.78 is 28.6.